The summed E-state index contributed by atoms with van der Waals surface area (Å²) in [6.07, 6.45) is 38.1. The Labute approximate surface area is 800 Å². The molecular weight excluding hydrogens is 1800 g/mol. The number of thiazole rings is 8. The number of nitrogens with two attached hydrogens (primary N) is 1. The van der Waals surface area contributed by atoms with Crippen molar-refractivity contribution in [1.29, 1.82) is 0 Å². The van der Waals surface area contributed by atoms with Crippen LogP contribution in [-0.2, 0) is 20.7 Å². The van der Waals surface area contributed by atoms with Crippen LogP contribution in [0.4, 0.5) is 5.13 Å². The summed E-state index contributed by atoms with van der Waals surface area (Å²) in [5.41, 5.74) is 6.48. The minimum atomic E-state index is 0.0351. The summed E-state index contributed by atoms with van der Waals surface area (Å²) in [7, 11) is 0. The molecular formula is C95H135N17O10S8. The monoisotopic (exact) mass is 1930 g/mol. The van der Waals surface area contributed by atoms with Crippen LogP contribution in [0.3, 0.4) is 0 Å². The number of likely N-dealkylation sites (tertiary alicyclic amines) is 6. The highest BCUT2D eigenvalue weighted by Gasteiger charge is 2.34. The van der Waals surface area contributed by atoms with Crippen molar-refractivity contribution in [3.8, 4) is 0 Å². The van der Waals surface area contributed by atoms with Crippen LogP contribution in [0.15, 0.2) is 79.9 Å². The fourth-order valence-electron chi connectivity index (χ4n) is 16.3. The van der Waals surface area contributed by atoms with Gasteiger partial charge in [-0.2, -0.15) is 0 Å². The molecule has 0 bridgehead atoms. The summed E-state index contributed by atoms with van der Waals surface area (Å²) in [5.74, 6) is 1.15. The third kappa shape index (κ3) is 37.4. The molecule has 0 saturated carbocycles. The van der Waals surface area contributed by atoms with Crippen LogP contribution < -0.4 is 5.73 Å². The lowest BCUT2D eigenvalue weighted by Gasteiger charge is -2.36. The minimum Gasteiger partial charge on any atom is -0.379 e. The molecule has 27 nitrogen and oxygen atoms in total. The number of morpholine rings is 2. The highest BCUT2D eigenvalue weighted by Crippen LogP contribution is 2.28. The summed E-state index contributed by atoms with van der Waals surface area (Å²) in [4.78, 5) is 155. The summed E-state index contributed by atoms with van der Waals surface area (Å²) >= 11 is 11.9. The highest BCUT2D eigenvalue weighted by atomic mass is 32.1. The largest absolute Gasteiger partial charge is 0.379 e. The van der Waals surface area contributed by atoms with Gasteiger partial charge in [-0.3, -0.25) is 43.3 Å². The van der Waals surface area contributed by atoms with Gasteiger partial charge in [-0.25, -0.2) is 39.9 Å². The zero-order valence-electron chi connectivity index (χ0n) is 77.5. The number of benzene rings is 1. The highest BCUT2D eigenvalue weighted by molar-refractivity contribution is 7.16. The van der Waals surface area contributed by atoms with Crippen molar-refractivity contribution in [2.45, 2.75) is 222 Å². The number of anilines is 1. The van der Waals surface area contributed by atoms with Gasteiger partial charge in [0.25, 0.3) is 11.8 Å². The Bertz CT molecular complexity index is 4770. The van der Waals surface area contributed by atoms with E-state index in [-0.39, 0.29) is 46.6 Å². The quantitative estimate of drug-likeness (QED) is 0.0426. The number of nitrogens with zero attached hydrogens (tertiary/aromatic N) is 16. The van der Waals surface area contributed by atoms with Crippen molar-refractivity contribution in [3.63, 3.8) is 0 Å². The number of amides is 3. The molecule has 17 rings (SSSR count). The Hall–Kier alpha value is -7.46. The first kappa shape index (κ1) is 105. The molecule has 16 heterocycles. The third-order valence-corrected chi connectivity index (χ3v) is 30.6. The van der Waals surface area contributed by atoms with Gasteiger partial charge in [0.15, 0.2) is 69.1 Å². The normalized spacial score (nSPS) is 17.4. The van der Waals surface area contributed by atoms with E-state index in [1.807, 2.05) is 95.5 Å². The van der Waals surface area contributed by atoms with Crippen LogP contribution in [0.2, 0.25) is 0 Å². The van der Waals surface area contributed by atoms with Crippen molar-refractivity contribution in [3.05, 3.63) is 160 Å². The van der Waals surface area contributed by atoms with E-state index in [4.69, 9.17) is 15.2 Å². The van der Waals surface area contributed by atoms with Crippen LogP contribution in [0.25, 0.3) is 0 Å². The first-order valence-electron chi connectivity index (χ1n) is 46.5. The SMILES string of the molecule is Cc1cnc(C(=O)CCCC(=O)N2CCOCC2)s1.Cc1cnc(C(=O)CCCN2CCCC2)s1.Cc1cnc(C(=O)CCCN2CCCCC2)s1.Cc1cnc(C(=O)CCCN2CCOCC2)s1.Cc1cnc(C(=O)CCc2ccccc2)s1.Cc1cnc(C(=O)N2CCC(N3CCCC3)CC2)s1.Cc1cnc(C(=O)N2CCC[C@@H]2CN2CCCC2)s1.Cc1cnc(N)s1. The summed E-state index contributed by atoms with van der Waals surface area (Å²) in [6.45, 7) is 38.6. The van der Waals surface area contributed by atoms with Gasteiger partial charge in [0.2, 0.25) is 5.91 Å². The molecule has 8 fully saturated rings. The lowest BCUT2D eigenvalue weighted by atomic mass is 10.0. The molecule has 8 aromatic heterocycles. The number of ketones is 5. The van der Waals surface area contributed by atoms with Gasteiger partial charge in [-0.15, -0.1) is 90.7 Å². The fourth-order valence-corrected chi connectivity index (χ4v) is 21.9. The maximum atomic E-state index is 12.5. The van der Waals surface area contributed by atoms with E-state index < -0.39 is 0 Å². The molecule has 1 aromatic carbocycles. The van der Waals surface area contributed by atoms with Crippen LogP contribution in [-0.4, -0.2) is 289 Å². The number of nitrogen functional groups attached to an aromatic ring is 1. The smallest absolute Gasteiger partial charge is 0.283 e. The van der Waals surface area contributed by atoms with Crippen LogP contribution in [0.5, 0.6) is 0 Å². The summed E-state index contributed by atoms with van der Waals surface area (Å²) < 4.78 is 10.5. The standard InChI is InChI=1S/2C14H21N3OS.C13H18N2O3S.C13H20N2OS.C13H13NOS.C12H18N2O2S.C12H18N2OS.C4H6N2S/c1-11-10-15-13(19-11)14(18)17-8-4-12(5-9-17)16-6-2-3-7-16;1-11-9-15-13(19-11)14(18)17-8-4-5-12(17)10-16-6-2-3-7-16;1-10-9-14-13(19-10)11(16)3-2-4-12(17)15-5-7-18-8-6-15;1-11-10-14-13(17-11)12(16)6-5-9-15-7-3-2-4-8-15;1-10-9-14-13(16-10)12(15)8-7-11-5-3-2-4-6-11;1-10-9-13-12(17-10)11(15)3-2-4-14-5-7-16-8-6-14;1-10-9-13-12(16-10)11(15)5-4-8-14-6-2-3-7-14;1-3-2-6-4(5)7-3/h10,12H,2-9H2,1H3;9,12H,2-8,10H2,1H3;9H,2-8H2,1H3;10H,2-9H2,1H3;2-6,9H,7-8H2,1H3;9H,2-8H2,1H3;9H,2-8H2,1H3;2H,1H3,(H2,5,6)/t;12-;;;;;;/m.1....../s1. The molecule has 9 aromatic rings. The number of Topliss-reactive ketones (excluding diaryl/α,β-unsaturated/α-hetero) is 5. The zero-order chi connectivity index (χ0) is 92.4. The van der Waals surface area contributed by atoms with Gasteiger partial charge in [-0.05, 0) is 242 Å². The molecule has 1 atom stereocenters. The van der Waals surface area contributed by atoms with Gasteiger partial charge in [0.05, 0.1) is 26.4 Å². The van der Waals surface area contributed by atoms with Crippen molar-refractivity contribution >= 4 is 142 Å². The van der Waals surface area contributed by atoms with Crippen LogP contribution in [0, 0.1) is 55.4 Å². The predicted octanol–water partition coefficient (Wildman–Crippen LogP) is 17.4. The Kier molecular flexibility index (Phi) is 46.1. The van der Waals surface area contributed by atoms with E-state index in [1.54, 1.807) is 49.6 Å². The van der Waals surface area contributed by atoms with E-state index in [0.29, 0.717) is 124 Å². The lowest BCUT2D eigenvalue weighted by Crippen LogP contribution is -2.45. The van der Waals surface area contributed by atoms with E-state index in [0.717, 1.165) is 163 Å². The maximum Gasteiger partial charge on any atom is 0.283 e. The summed E-state index contributed by atoms with van der Waals surface area (Å²) in [6, 6.07) is 11.1. The maximum absolute atomic E-state index is 12.5. The minimum absolute atomic E-state index is 0.0351. The lowest BCUT2D eigenvalue weighted by molar-refractivity contribution is -0.135. The molecule has 8 aliphatic heterocycles. The van der Waals surface area contributed by atoms with Crippen molar-refractivity contribution < 1.29 is 47.8 Å². The Morgan fingerprint density at radius 1 is 0.338 bits per heavy atom. The fraction of sp³-hybridized carbons (Fsp3) is 0.600. The van der Waals surface area contributed by atoms with E-state index in [2.05, 4.69) is 69.3 Å². The zero-order valence-corrected chi connectivity index (χ0v) is 84.0. The molecule has 8 saturated heterocycles. The molecule has 130 heavy (non-hydrogen) atoms. The van der Waals surface area contributed by atoms with Crippen molar-refractivity contribution in [1.82, 2.24) is 79.1 Å². The van der Waals surface area contributed by atoms with E-state index in [9.17, 15) is 38.4 Å². The Balaban J connectivity index is 0.000000156. The number of piperidine rings is 2. The van der Waals surface area contributed by atoms with Gasteiger partial charge >= 0.3 is 0 Å². The molecule has 8 aliphatic rings. The molecule has 0 radical (unpaired) electrons. The average molecular weight is 1930 g/mol. The molecule has 3 amide bonds. The number of carbonyl (C=O) groups excluding carboxylic acids is 8. The predicted molar refractivity (Wildman–Crippen MR) is 527 cm³/mol. The van der Waals surface area contributed by atoms with E-state index in [1.165, 1.54) is 206 Å². The van der Waals surface area contributed by atoms with E-state index >= 15 is 0 Å². The Morgan fingerprint density at radius 2 is 0.692 bits per heavy atom. The number of aryl methyl sites for hydroxylation is 9. The first-order valence-corrected chi connectivity index (χ1v) is 53.0. The van der Waals surface area contributed by atoms with Gasteiger partial charge in [0, 0.05) is 192 Å². The molecule has 2 N–H and O–H groups in total. The number of ether oxygens (including phenoxy) is 2. The second kappa shape index (κ2) is 57.3. The second-order valence-corrected chi connectivity index (χ2v) is 43.9. The number of rotatable bonds is 29. The van der Waals surface area contributed by atoms with Crippen molar-refractivity contribution in [2.24, 2.45) is 0 Å². The average Bonchev–Trinajstić information content (AvgIpc) is 1.69. The number of aromatic nitrogens is 8. The third-order valence-electron chi connectivity index (χ3n) is 23.3. The summed E-state index contributed by atoms with van der Waals surface area (Å²) in [5, 5.41) is 5.16. The van der Waals surface area contributed by atoms with Gasteiger partial charge < -0.3 is 49.5 Å². The number of carbonyl (C=O) groups is 8. The molecule has 0 aliphatic carbocycles. The Morgan fingerprint density at radius 3 is 1.08 bits per heavy atom. The number of hydrogen-bond acceptors (Lipinski definition) is 32. The molecule has 708 valence electrons. The van der Waals surface area contributed by atoms with Crippen LogP contribution in [0.1, 0.15) is 261 Å². The number of hydrogen-bond donors (Lipinski definition) is 1. The first-order chi connectivity index (χ1) is 62.9. The topological polar surface area (TPSA) is 310 Å². The second-order valence-electron chi connectivity index (χ2n) is 34.0. The molecule has 0 unspecified atom stereocenters. The van der Waals surface area contributed by atoms with Gasteiger partial charge in [0.1, 0.15) is 0 Å². The van der Waals surface area contributed by atoms with Crippen molar-refractivity contribution in [2.75, 3.05) is 157 Å². The van der Waals surface area contributed by atoms with Gasteiger partial charge in [-0.1, -0.05) is 36.8 Å². The molecule has 0 spiro atoms. The molecule has 35 heteroatoms. The van der Waals surface area contributed by atoms with Crippen LogP contribution >= 0.6 is 90.7 Å².